The summed E-state index contributed by atoms with van der Waals surface area (Å²) in [7, 11) is 1.97. The Bertz CT molecular complexity index is 586. The van der Waals surface area contributed by atoms with E-state index in [2.05, 4.69) is 20.3 Å². The van der Waals surface area contributed by atoms with Crippen LogP contribution in [0.2, 0.25) is 0 Å². The van der Waals surface area contributed by atoms with E-state index in [4.69, 9.17) is 4.74 Å². The van der Waals surface area contributed by atoms with Crippen molar-refractivity contribution in [3.05, 3.63) is 42.4 Å². The van der Waals surface area contributed by atoms with Gasteiger partial charge in [-0.3, -0.25) is 4.98 Å². The van der Waals surface area contributed by atoms with Crippen molar-refractivity contribution in [2.24, 2.45) is 0 Å². The lowest BCUT2D eigenvalue weighted by Crippen LogP contribution is -2.30. The minimum atomic E-state index is 0.331. The molecule has 6 heteroatoms. The fourth-order valence-electron chi connectivity index (χ4n) is 2.48. The minimum absolute atomic E-state index is 0.331. The number of aromatic nitrogens is 3. The van der Waals surface area contributed by atoms with Gasteiger partial charge in [-0.15, -0.1) is 0 Å². The first-order valence-electron chi connectivity index (χ1n) is 7.59. The SMILES string of the molecule is CN(Cc1ccccn1)c1nccc(NC2CCCOC2)n1. The van der Waals surface area contributed by atoms with Crippen LogP contribution in [0.3, 0.4) is 0 Å². The molecule has 0 bridgehead atoms. The number of anilines is 2. The Labute approximate surface area is 130 Å². The Morgan fingerprint density at radius 2 is 2.23 bits per heavy atom. The van der Waals surface area contributed by atoms with E-state index in [1.54, 1.807) is 12.4 Å². The summed E-state index contributed by atoms with van der Waals surface area (Å²) in [4.78, 5) is 15.2. The molecule has 1 atom stereocenters. The van der Waals surface area contributed by atoms with Crippen molar-refractivity contribution in [3.8, 4) is 0 Å². The lowest BCUT2D eigenvalue weighted by Gasteiger charge is -2.24. The van der Waals surface area contributed by atoms with Crippen LogP contribution in [0.15, 0.2) is 36.7 Å². The molecule has 0 spiro atoms. The largest absolute Gasteiger partial charge is 0.379 e. The van der Waals surface area contributed by atoms with E-state index in [1.807, 2.05) is 36.2 Å². The molecule has 3 rings (SSSR count). The lowest BCUT2D eigenvalue weighted by atomic mass is 10.1. The van der Waals surface area contributed by atoms with Crippen LogP contribution >= 0.6 is 0 Å². The van der Waals surface area contributed by atoms with Crippen molar-refractivity contribution in [3.63, 3.8) is 0 Å². The summed E-state index contributed by atoms with van der Waals surface area (Å²) in [5.41, 5.74) is 0.993. The predicted octanol–water partition coefficient (Wildman–Crippen LogP) is 2.10. The highest BCUT2D eigenvalue weighted by molar-refractivity contribution is 5.41. The third kappa shape index (κ3) is 3.92. The van der Waals surface area contributed by atoms with E-state index in [0.717, 1.165) is 37.6 Å². The topological polar surface area (TPSA) is 63.2 Å². The normalized spacial score (nSPS) is 18.0. The number of hydrogen-bond acceptors (Lipinski definition) is 6. The van der Waals surface area contributed by atoms with Gasteiger partial charge in [-0.25, -0.2) is 4.98 Å². The maximum atomic E-state index is 5.49. The second-order valence-electron chi connectivity index (χ2n) is 5.48. The third-order valence-electron chi connectivity index (χ3n) is 3.62. The summed E-state index contributed by atoms with van der Waals surface area (Å²) in [6, 6.07) is 8.12. The van der Waals surface area contributed by atoms with E-state index in [1.165, 1.54) is 0 Å². The van der Waals surface area contributed by atoms with E-state index >= 15 is 0 Å². The Morgan fingerprint density at radius 3 is 3.00 bits per heavy atom. The molecular formula is C16H21N5O. The van der Waals surface area contributed by atoms with Crippen LogP contribution in [0, 0.1) is 0 Å². The second-order valence-corrected chi connectivity index (χ2v) is 5.48. The molecule has 0 amide bonds. The van der Waals surface area contributed by atoms with Gasteiger partial charge in [0, 0.05) is 26.0 Å². The summed E-state index contributed by atoms with van der Waals surface area (Å²) in [6.07, 6.45) is 5.78. The van der Waals surface area contributed by atoms with E-state index in [-0.39, 0.29) is 0 Å². The van der Waals surface area contributed by atoms with Crippen LogP contribution in [-0.2, 0) is 11.3 Å². The first-order valence-corrected chi connectivity index (χ1v) is 7.59. The van der Waals surface area contributed by atoms with Crippen LogP contribution in [0.25, 0.3) is 0 Å². The number of rotatable bonds is 5. The first kappa shape index (κ1) is 14.7. The molecule has 116 valence electrons. The average molecular weight is 299 g/mol. The molecule has 1 aliphatic heterocycles. The molecule has 3 heterocycles. The summed E-state index contributed by atoms with van der Waals surface area (Å²) >= 11 is 0. The molecule has 1 aliphatic rings. The lowest BCUT2D eigenvalue weighted by molar-refractivity contribution is 0.0875. The highest BCUT2D eigenvalue weighted by Crippen LogP contribution is 2.15. The van der Waals surface area contributed by atoms with Crippen molar-refractivity contribution >= 4 is 11.8 Å². The van der Waals surface area contributed by atoms with Crippen LogP contribution in [0.5, 0.6) is 0 Å². The predicted molar refractivity (Wildman–Crippen MR) is 85.8 cm³/mol. The van der Waals surface area contributed by atoms with Gasteiger partial charge in [0.05, 0.1) is 24.9 Å². The Kier molecular flexibility index (Phi) is 4.80. The smallest absolute Gasteiger partial charge is 0.227 e. The van der Waals surface area contributed by atoms with E-state index in [9.17, 15) is 0 Å². The third-order valence-corrected chi connectivity index (χ3v) is 3.62. The van der Waals surface area contributed by atoms with Gasteiger partial charge in [-0.1, -0.05) is 6.07 Å². The van der Waals surface area contributed by atoms with Crippen molar-refractivity contribution in [1.29, 1.82) is 0 Å². The summed E-state index contributed by atoms with van der Waals surface area (Å²) < 4.78 is 5.49. The molecule has 1 saturated heterocycles. The van der Waals surface area contributed by atoms with Crippen molar-refractivity contribution in [2.45, 2.75) is 25.4 Å². The zero-order valence-electron chi connectivity index (χ0n) is 12.8. The quantitative estimate of drug-likeness (QED) is 0.912. The molecule has 0 aliphatic carbocycles. The van der Waals surface area contributed by atoms with Crippen LogP contribution in [0.4, 0.5) is 11.8 Å². The number of hydrogen-bond donors (Lipinski definition) is 1. The second kappa shape index (κ2) is 7.17. The molecule has 0 saturated carbocycles. The zero-order chi connectivity index (χ0) is 15.2. The minimum Gasteiger partial charge on any atom is -0.379 e. The zero-order valence-corrected chi connectivity index (χ0v) is 12.8. The maximum Gasteiger partial charge on any atom is 0.227 e. The Balaban J connectivity index is 1.64. The number of nitrogens with one attached hydrogen (secondary N) is 1. The van der Waals surface area contributed by atoms with E-state index < -0.39 is 0 Å². The van der Waals surface area contributed by atoms with Crippen molar-refractivity contribution < 1.29 is 4.74 Å². The van der Waals surface area contributed by atoms with Gasteiger partial charge in [0.25, 0.3) is 0 Å². The van der Waals surface area contributed by atoms with Gasteiger partial charge >= 0.3 is 0 Å². The monoisotopic (exact) mass is 299 g/mol. The van der Waals surface area contributed by atoms with Gasteiger partial charge in [0.2, 0.25) is 5.95 Å². The maximum absolute atomic E-state index is 5.49. The van der Waals surface area contributed by atoms with Crippen molar-refractivity contribution in [2.75, 3.05) is 30.5 Å². The average Bonchev–Trinajstić information content (AvgIpc) is 2.57. The molecule has 0 aromatic carbocycles. The van der Waals surface area contributed by atoms with Crippen molar-refractivity contribution in [1.82, 2.24) is 15.0 Å². The molecule has 6 nitrogen and oxygen atoms in total. The standard InChI is InChI=1S/C16H21N5O/c1-21(11-13-5-2-3-8-17-13)16-18-9-7-15(20-16)19-14-6-4-10-22-12-14/h2-3,5,7-9,14H,4,6,10-12H2,1H3,(H,18,19,20). The van der Waals surface area contributed by atoms with Crippen LogP contribution < -0.4 is 10.2 Å². The van der Waals surface area contributed by atoms with Gasteiger partial charge in [0.1, 0.15) is 5.82 Å². The Hall–Kier alpha value is -2.21. The van der Waals surface area contributed by atoms with Gasteiger partial charge < -0.3 is 15.0 Å². The molecule has 1 unspecified atom stereocenters. The van der Waals surface area contributed by atoms with Gasteiger partial charge in [-0.2, -0.15) is 4.98 Å². The number of pyridine rings is 1. The fourth-order valence-corrected chi connectivity index (χ4v) is 2.48. The highest BCUT2D eigenvalue weighted by Gasteiger charge is 2.14. The van der Waals surface area contributed by atoms with Gasteiger partial charge in [0.15, 0.2) is 0 Å². The van der Waals surface area contributed by atoms with Crippen LogP contribution in [-0.4, -0.2) is 41.3 Å². The number of nitrogens with zero attached hydrogens (tertiary/aromatic N) is 4. The summed E-state index contributed by atoms with van der Waals surface area (Å²) in [5.74, 6) is 1.53. The molecule has 1 fully saturated rings. The molecular weight excluding hydrogens is 278 g/mol. The number of ether oxygens (including phenoxy) is 1. The van der Waals surface area contributed by atoms with E-state index in [0.29, 0.717) is 18.5 Å². The van der Waals surface area contributed by atoms with Crippen LogP contribution in [0.1, 0.15) is 18.5 Å². The summed E-state index contributed by atoms with van der Waals surface area (Å²) in [5, 5.41) is 3.42. The molecule has 1 N–H and O–H groups in total. The fraction of sp³-hybridized carbons (Fsp3) is 0.438. The molecule has 0 radical (unpaired) electrons. The summed E-state index contributed by atoms with van der Waals surface area (Å²) in [6.45, 7) is 2.28. The highest BCUT2D eigenvalue weighted by atomic mass is 16.5. The molecule has 2 aromatic heterocycles. The Morgan fingerprint density at radius 1 is 1.27 bits per heavy atom. The molecule has 22 heavy (non-hydrogen) atoms. The van der Waals surface area contributed by atoms with Gasteiger partial charge in [-0.05, 0) is 31.0 Å². The molecule has 2 aromatic rings. The first-order chi connectivity index (χ1) is 10.8.